The van der Waals surface area contributed by atoms with E-state index in [0.29, 0.717) is 5.56 Å². The molecule has 0 N–H and O–H groups in total. The Balaban J connectivity index is 0.000000333. The number of nitrogens with zero attached hydrogens (tertiary/aromatic N) is 1. The van der Waals surface area contributed by atoms with Crippen LogP contribution in [0.15, 0.2) is 48.5 Å². The summed E-state index contributed by atoms with van der Waals surface area (Å²) >= 11 is -0.172. The molecule has 134 valence electrons. The molecule has 0 amide bonds. The van der Waals surface area contributed by atoms with Crippen molar-refractivity contribution in [3.63, 3.8) is 0 Å². The van der Waals surface area contributed by atoms with Gasteiger partial charge in [0.05, 0.1) is 18.7 Å². The molecule has 10 heteroatoms. The number of methoxy groups -OCH3 is 1. The molecule has 5 nitrogen and oxygen atoms in total. The normalized spacial score (nSPS) is 11.0. The monoisotopic (exact) mass is 485 g/mol. The number of hydrogen-bond donors (Lipinski definition) is 0. The molecule has 25 heavy (non-hydrogen) atoms. The van der Waals surface area contributed by atoms with Crippen LogP contribution < -0.4 is 25.9 Å². The first-order chi connectivity index (χ1) is 11.6. The van der Waals surface area contributed by atoms with Crippen LogP contribution in [-0.4, -0.2) is 25.6 Å². The third kappa shape index (κ3) is 7.29. The molecule has 0 aromatic heterocycles. The van der Waals surface area contributed by atoms with Crippen molar-refractivity contribution in [3.8, 4) is 11.8 Å². The lowest BCUT2D eigenvalue weighted by molar-refractivity contribution is -0.597. The fourth-order valence-electron chi connectivity index (χ4n) is 1.35. The molecule has 2 aromatic rings. The molecule has 0 fully saturated rings. The summed E-state index contributed by atoms with van der Waals surface area (Å²) in [6.07, 6.45) is 0. The van der Waals surface area contributed by atoms with Crippen LogP contribution in [0, 0.1) is 18.5 Å². The van der Waals surface area contributed by atoms with Crippen molar-refractivity contribution in [1.82, 2.24) is 0 Å². The van der Waals surface area contributed by atoms with E-state index in [-0.39, 0.29) is 21.2 Å². The summed E-state index contributed by atoms with van der Waals surface area (Å²) in [6.45, 7) is 0. The molecular formula is C15H11F3INO4S. The second-order valence-electron chi connectivity index (χ2n) is 4.27. The van der Waals surface area contributed by atoms with Crippen LogP contribution in [0.25, 0.3) is 0 Å². The molecule has 0 radical (unpaired) electrons. The Labute approximate surface area is 153 Å². The van der Waals surface area contributed by atoms with E-state index in [4.69, 9.17) is 23.0 Å². The minimum absolute atomic E-state index is 0.172. The standard InChI is InChI=1S/C14H11INO.CHF3O3S/c1-17-14-8-6-13(7-9-14)15-12-4-2-11(10-16)3-5-12;2-1(3,4)8(5,6)7/h2-9H,1H3;(H,5,6,7)/q+1;/p-1. The first kappa shape index (κ1) is 21.2. The van der Waals surface area contributed by atoms with E-state index in [1.807, 2.05) is 36.4 Å². The zero-order valence-corrected chi connectivity index (χ0v) is 15.6. The average Bonchev–Trinajstić information content (AvgIpc) is 2.55. The highest BCUT2D eigenvalue weighted by atomic mass is 127. The van der Waals surface area contributed by atoms with Gasteiger partial charge in [0.2, 0.25) is 0 Å². The summed E-state index contributed by atoms with van der Waals surface area (Å²) in [5.74, 6) is 0.887. The molecule has 0 saturated carbocycles. The predicted molar refractivity (Wildman–Crippen MR) is 77.3 cm³/mol. The Morgan fingerprint density at radius 3 is 1.76 bits per heavy atom. The van der Waals surface area contributed by atoms with Gasteiger partial charge in [-0.15, -0.1) is 0 Å². The molecule has 0 heterocycles. The van der Waals surface area contributed by atoms with E-state index < -0.39 is 15.6 Å². The van der Waals surface area contributed by atoms with Crippen LogP contribution in [0.1, 0.15) is 5.56 Å². The highest BCUT2D eigenvalue weighted by Crippen LogP contribution is 2.20. The minimum Gasteiger partial charge on any atom is -0.741 e. The van der Waals surface area contributed by atoms with Crippen LogP contribution in [-0.2, 0) is 10.1 Å². The molecule has 0 saturated heterocycles. The van der Waals surface area contributed by atoms with E-state index >= 15 is 0 Å². The minimum atomic E-state index is -6.09. The van der Waals surface area contributed by atoms with E-state index in [9.17, 15) is 13.2 Å². The summed E-state index contributed by atoms with van der Waals surface area (Å²) in [4.78, 5) is 0. The van der Waals surface area contributed by atoms with Crippen molar-refractivity contribution in [2.75, 3.05) is 7.11 Å². The van der Waals surface area contributed by atoms with Gasteiger partial charge in [-0.05, 0) is 48.5 Å². The fraction of sp³-hybridized carbons (Fsp3) is 0.133. The molecule has 0 bridgehead atoms. The van der Waals surface area contributed by atoms with Crippen LogP contribution in [0.4, 0.5) is 13.2 Å². The van der Waals surface area contributed by atoms with Gasteiger partial charge in [-0.1, -0.05) is 0 Å². The number of ether oxygens (including phenoxy) is 1. The van der Waals surface area contributed by atoms with Crippen molar-refractivity contribution < 1.29 is 52.1 Å². The second-order valence-corrected chi connectivity index (χ2v) is 8.67. The van der Waals surface area contributed by atoms with Crippen LogP contribution in [0.3, 0.4) is 0 Å². The van der Waals surface area contributed by atoms with Crippen LogP contribution in [0.2, 0.25) is 0 Å². The Bertz CT molecular complexity index is 829. The maximum absolute atomic E-state index is 10.7. The van der Waals surface area contributed by atoms with E-state index in [0.717, 1.165) is 5.75 Å². The third-order valence-corrected chi connectivity index (χ3v) is 5.78. The maximum Gasteiger partial charge on any atom is 0.485 e. The Kier molecular flexibility index (Phi) is 7.65. The lowest BCUT2D eigenvalue weighted by Gasteiger charge is -2.08. The Hall–Kier alpha value is -1.84. The summed E-state index contributed by atoms with van der Waals surface area (Å²) < 4.78 is 66.7. The van der Waals surface area contributed by atoms with Gasteiger partial charge in [0.15, 0.2) is 17.3 Å². The highest BCUT2D eigenvalue weighted by Gasteiger charge is 2.36. The van der Waals surface area contributed by atoms with Crippen molar-refractivity contribution in [2.24, 2.45) is 0 Å². The summed E-state index contributed by atoms with van der Waals surface area (Å²) in [7, 11) is -4.42. The first-order valence-electron chi connectivity index (χ1n) is 6.38. The molecule has 0 aliphatic rings. The topological polar surface area (TPSA) is 90.2 Å². The Morgan fingerprint density at radius 2 is 1.44 bits per heavy atom. The summed E-state index contributed by atoms with van der Waals surface area (Å²) in [5, 5.41) is 8.72. The van der Waals surface area contributed by atoms with E-state index in [2.05, 4.69) is 18.2 Å². The van der Waals surface area contributed by atoms with Gasteiger partial charge in [-0.3, -0.25) is 0 Å². The smallest absolute Gasteiger partial charge is 0.485 e. The lowest BCUT2D eigenvalue weighted by Crippen LogP contribution is -3.61. The zero-order chi connectivity index (χ0) is 19.1. The molecule has 0 aliphatic heterocycles. The SMILES string of the molecule is COc1ccc([I+]c2ccc(C#N)cc2)cc1.O=S(=O)([O-])C(F)(F)F. The largest absolute Gasteiger partial charge is 0.741 e. The second kappa shape index (κ2) is 9.02. The first-order valence-corrected chi connectivity index (χ1v) is 9.94. The molecular weight excluding hydrogens is 474 g/mol. The van der Waals surface area contributed by atoms with Gasteiger partial charge >= 0.3 is 26.7 Å². The van der Waals surface area contributed by atoms with E-state index in [1.165, 1.54) is 7.14 Å². The fourth-order valence-corrected chi connectivity index (χ4v) is 3.50. The van der Waals surface area contributed by atoms with Gasteiger partial charge in [0.1, 0.15) is 5.75 Å². The number of rotatable bonds is 3. The number of halogens is 4. The van der Waals surface area contributed by atoms with Crippen molar-refractivity contribution in [3.05, 3.63) is 61.2 Å². The summed E-state index contributed by atoms with van der Waals surface area (Å²) in [6, 6.07) is 18.1. The lowest BCUT2D eigenvalue weighted by atomic mass is 10.2. The van der Waals surface area contributed by atoms with Crippen molar-refractivity contribution >= 4 is 10.1 Å². The van der Waals surface area contributed by atoms with Gasteiger partial charge in [-0.25, -0.2) is 8.42 Å². The van der Waals surface area contributed by atoms with Crippen LogP contribution >= 0.6 is 0 Å². The predicted octanol–water partition coefficient (Wildman–Crippen LogP) is -0.253. The van der Waals surface area contributed by atoms with E-state index in [1.54, 1.807) is 7.11 Å². The van der Waals surface area contributed by atoms with Gasteiger partial charge in [0, 0.05) is 0 Å². The third-order valence-electron chi connectivity index (χ3n) is 2.52. The molecule has 0 atom stereocenters. The van der Waals surface area contributed by atoms with Gasteiger partial charge in [0.25, 0.3) is 0 Å². The Morgan fingerprint density at radius 1 is 1.04 bits per heavy atom. The number of benzene rings is 2. The molecule has 0 spiro atoms. The highest BCUT2D eigenvalue weighted by molar-refractivity contribution is 7.86. The van der Waals surface area contributed by atoms with Crippen LogP contribution in [0.5, 0.6) is 5.75 Å². The van der Waals surface area contributed by atoms with Crippen molar-refractivity contribution in [1.29, 1.82) is 5.26 Å². The quantitative estimate of drug-likeness (QED) is 0.340. The summed E-state index contributed by atoms with van der Waals surface area (Å²) in [5.41, 5.74) is -4.93. The van der Waals surface area contributed by atoms with Crippen molar-refractivity contribution in [2.45, 2.75) is 5.51 Å². The zero-order valence-electron chi connectivity index (χ0n) is 12.6. The molecule has 2 aromatic carbocycles. The molecule has 0 unspecified atom stereocenters. The molecule has 0 aliphatic carbocycles. The maximum atomic E-state index is 10.7. The number of alkyl halides is 3. The number of nitriles is 1. The average molecular weight is 485 g/mol. The molecule has 2 rings (SSSR count). The van der Waals surface area contributed by atoms with Gasteiger partial charge < -0.3 is 9.29 Å². The van der Waals surface area contributed by atoms with Gasteiger partial charge in [-0.2, -0.15) is 18.4 Å². The number of hydrogen-bond acceptors (Lipinski definition) is 5.